The zero-order chi connectivity index (χ0) is 17.1. The topological polar surface area (TPSA) is 36.4 Å². The molecule has 0 radical (unpaired) electrons. The highest BCUT2D eigenvalue weighted by atomic mass is 35.5. The maximum absolute atomic E-state index is 13.4. The first-order valence-corrected chi connectivity index (χ1v) is 7.97. The van der Waals surface area contributed by atoms with E-state index in [9.17, 15) is 13.6 Å². The molecule has 1 fully saturated rings. The summed E-state index contributed by atoms with van der Waals surface area (Å²) < 4.78 is 26.5. The van der Waals surface area contributed by atoms with Crippen LogP contribution in [0.2, 0.25) is 5.02 Å². The van der Waals surface area contributed by atoms with Crippen molar-refractivity contribution >= 4 is 17.5 Å². The third-order valence-electron chi connectivity index (χ3n) is 4.06. The van der Waals surface area contributed by atoms with Gasteiger partial charge < -0.3 is 4.90 Å². The third kappa shape index (κ3) is 3.71. The Morgan fingerprint density at radius 1 is 1.08 bits per heavy atom. The molecule has 3 rings (SSSR count). The van der Waals surface area contributed by atoms with E-state index in [1.165, 1.54) is 0 Å². The van der Waals surface area contributed by atoms with Crippen LogP contribution in [-0.2, 0) is 6.54 Å². The van der Waals surface area contributed by atoms with E-state index in [0.29, 0.717) is 26.2 Å². The van der Waals surface area contributed by atoms with E-state index < -0.39 is 11.6 Å². The normalized spacial score (nSPS) is 15.5. The predicted molar refractivity (Wildman–Crippen MR) is 86.8 cm³/mol. The largest absolute Gasteiger partial charge is 0.336 e. The van der Waals surface area contributed by atoms with Gasteiger partial charge in [0.25, 0.3) is 5.91 Å². The zero-order valence-electron chi connectivity index (χ0n) is 12.9. The van der Waals surface area contributed by atoms with E-state index >= 15 is 0 Å². The van der Waals surface area contributed by atoms with Gasteiger partial charge in [0.2, 0.25) is 0 Å². The number of halogens is 3. The van der Waals surface area contributed by atoms with Crippen molar-refractivity contribution in [3.63, 3.8) is 0 Å². The fraction of sp³-hybridized carbons (Fsp3) is 0.294. The summed E-state index contributed by atoms with van der Waals surface area (Å²) in [5.74, 6) is -2.50. The molecule has 1 aliphatic rings. The number of amides is 1. The number of piperazine rings is 1. The molecule has 4 nitrogen and oxygen atoms in total. The quantitative estimate of drug-likeness (QED) is 0.798. The first kappa shape index (κ1) is 16.8. The summed E-state index contributed by atoms with van der Waals surface area (Å²) in [4.78, 5) is 20.3. The molecule has 1 aromatic carbocycles. The van der Waals surface area contributed by atoms with Gasteiger partial charge in [-0.05, 0) is 29.8 Å². The van der Waals surface area contributed by atoms with Gasteiger partial charge in [-0.3, -0.25) is 14.7 Å². The standard InChI is InChI=1S/C17H16ClF2N3O/c18-14-10-16(20)15(19)9-13(14)17(24)23-7-5-22(6-8-23)11-12-1-3-21-4-2-12/h1-4,9-10H,5-8,11H2. The highest BCUT2D eigenvalue weighted by Crippen LogP contribution is 2.22. The van der Waals surface area contributed by atoms with Gasteiger partial charge in [-0.15, -0.1) is 0 Å². The molecule has 0 atom stereocenters. The van der Waals surface area contributed by atoms with Crippen LogP contribution in [0.3, 0.4) is 0 Å². The highest BCUT2D eigenvalue weighted by Gasteiger charge is 2.24. The number of rotatable bonds is 3. The molecule has 1 amide bonds. The fourth-order valence-corrected chi connectivity index (χ4v) is 2.94. The molecule has 0 saturated carbocycles. The van der Waals surface area contributed by atoms with Crippen molar-refractivity contribution in [2.75, 3.05) is 26.2 Å². The second-order valence-corrected chi connectivity index (χ2v) is 6.08. The lowest BCUT2D eigenvalue weighted by atomic mass is 10.1. The molecule has 0 spiro atoms. The Morgan fingerprint density at radius 3 is 2.38 bits per heavy atom. The molecule has 0 unspecified atom stereocenters. The molecule has 7 heteroatoms. The smallest absolute Gasteiger partial charge is 0.255 e. The monoisotopic (exact) mass is 351 g/mol. The Kier molecular flexibility index (Phi) is 5.06. The number of nitrogens with zero attached hydrogens (tertiary/aromatic N) is 3. The molecule has 2 aromatic rings. The van der Waals surface area contributed by atoms with Gasteiger partial charge in [0.05, 0.1) is 10.6 Å². The number of pyridine rings is 1. The molecule has 1 saturated heterocycles. The van der Waals surface area contributed by atoms with Crippen LogP contribution in [0.4, 0.5) is 8.78 Å². The average Bonchev–Trinajstić information content (AvgIpc) is 2.59. The lowest BCUT2D eigenvalue weighted by Gasteiger charge is -2.35. The first-order valence-electron chi connectivity index (χ1n) is 7.59. The Bertz CT molecular complexity index is 734. The Morgan fingerprint density at radius 2 is 1.71 bits per heavy atom. The summed E-state index contributed by atoms with van der Waals surface area (Å²) in [7, 11) is 0. The van der Waals surface area contributed by atoms with E-state index in [4.69, 9.17) is 11.6 Å². The molecule has 24 heavy (non-hydrogen) atoms. The number of hydrogen-bond acceptors (Lipinski definition) is 3. The van der Waals surface area contributed by atoms with E-state index in [-0.39, 0.29) is 16.5 Å². The van der Waals surface area contributed by atoms with Crippen LogP contribution in [0, 0.1) is 11.6 Å². The van der Waals surface area contributed by atoms with Crippen molar-refractivity contribution in [2.45, 2.75) is 6.54 Å². The molecular weight excluding hydrogens is 336 g/mol. The Balaban J connectivity index is 1.62. The Hall–Kier alpha value is -2.05. The molecule has 2 heterocycles. The van der Waals surface area contributed by atoms with Crippen LogP contribution in [0.25, 0.3) is 0 Å². The van der Waals surface area contributed by atoms with Crippen LogP contribution < -0.4 is 0 Å². The van der Waals surface area contributed by atoms with E-state index in [1.807, 2.05) is 12.1 Å². The summed E-state index contributed by atoms with van der Waals surface area (Å²) in [6.07, 6.45) is 3.50. The van der Waals surface area contributed by atoms with Crippen molar-refractivity contribution in [1.82, 2.24) is 14.8 Å². The number of hydrogen-bond donors (Lipinski definition) is 0. The minimum atomic E-state index is -1.07. The van der Waals surface area contributed by atoms with Gasteiger partial charge in [-0.25, -0.2) is 8.78 Å². The van der Waals surface area contributed by atoms with E-state index in [0.717, 1.165) is 24.2 Å². The van der Waals surface area contributed by atoms with Crippen LogP contribution in [0.15, 0.2) is 36.7 Å². The third-order valence-corrected chi connectivity index (χ3v) is 4.37. The molecule has 126 valence electrons. The number of aromatic nitrogens is 1. The van der Waals surface area contributed by atoms with Crippen molar-refractivity contribution in [3.05, 3.63) is 64.4 Å². The molecule has 1 aliphatic heterocycles. The summed E-state index contributed by atoms with van der Waals surface area (Å²) in [6, 6.07) is 5.62. The average molecular weight is 352 g/mol. The fourth-order valence-electron chi connectivity index (χ4n) is 2.71. The number of carbonyl (C=O) groups is 1. The number of benzene rings is 1. The minimum Gasteiger partial charge on any atom is -0.336 e. The SMILES string of the molecule is O=C(c1cc(F)c(F)cc1Cl)N1CCN(Cc2ccncc2)CC1. The second-order valence-electron chi connectivity index (χ2n) is 5.67. The van der Waals surface area contributed by atoms with Gasteiger partial charge in [0.1, 0.15) is 0 Å². The van der Waals surface area contributed by atoms with Crippen molar-refractivity contribution < 1.29 is 13.6 Å². The molecular formula is C17H16ClF2N3O. The van der Waals surface area contributed by atoms with Crippen molar-refractivity contribution in [3.8, 4) is 0 Å². The van der Waals surface area contributed by atoms with Gasteiger partial charge >= 0.3 is 0 Å². The highest BCUT2D eigenvalue weighted by molar-refractivity contribution is 6.33. The summed E-state index contributed by atoms with van der Waals surface area (Å²) in [5, 5.41) is -0.0712. The van der Waals surface area contributed by atoms with Gasteiger partial charge in [0, 0.05) is 45.1 Å². The van der Waals surface area contributed by atoms with Crippen molar-refractivity contribution in [1.29, 1.82) is 0 Å². The zero-order valence-corrected chi connectivity index (χ0v) is 13.6. The van der Waals surface area contributed by atoms with Gasteiger partial charge in [-0.2, -0.15) is 0 Å². The first-order chi connectivity index (χ1) is 11.5. The summed E-state index contributed by atoms with van der Waals surface area (Å²) >= 11 is 5.88. The lowest BCUT2D eigenvalue weighted by molar-refractivity contribution is 0.0628. The lowest BCUT2D eigenvalue weighted by Crippen LogP contribution is -2.48. The van der Waals surface area contributed by atoms with Gasteiger partial charge in [-0.1, -0.05) is 11.6 Å². The molecule has 1 aromatic heterocycles. The molecule has 0 aliphatic carbocycles. The van der Waals surface area contributed by atoms with Gasteiger partial charge in [0.15, 0.2) is 11.6 Å². The van der Waals surface area contributed by atoms with Crippen molar-refractivity contribution in [2.24, 2.45) is 0 Å². The summed E-state index contributed by atoms with van der Waals surface area (Å²) in [5.41, 5.74) is 1.16. The van der Waals surface area contributed by atoms with E-state index in [2.05, 4.69) is 9.88 Å². The molecule has 0 bridgehead atoms. The van der Waals surface area contributed by atoms with Crippen LogP contribution >= 0.6 is 11.6 Å². The van der Waals surface area contributed by atoms with E-state index in [1.54, 1.807) is 17.3 Å². The van der Waals surface area contributed by atoms with Crippen LogP contribution in [0.5, 0.6) is 0 Å². The molecule has 0 N–H and O–H groups in total. The maximum atomic E-state index is 13.4. The minimum absolute atomic E-state index is 0.00171. The predicted octanol–water partition coefficient (Wildman–Crippen LogP) is 2.97. The maximum Gasteiger partial charge on any atom is 0.255 e. The van der Waals surface area contributed by atoms with Crippen LogP contribution in [-0.4, -0.2) is 46.9 Å². The number of carbonyl (C=O) groups excluding carboxylic acids is 1. The second kappa shape index (κ2) is 7.23. The van der Waals surface area contributed by atoms with Crippen LogP contribution in [0.1, 0.15) is 15.9 Å². The Labute approximate surface area is 143 Å². The summed E-state index contributed by atoms with van der Waals surface area (Å²) in [6.45, 7) is 3.22.